The highest BCUT2D eigenvalue weighted by atomic mass is 32.2. The second kappa shape index (κ2) is 9.20. The minimum atomic E-state index is -3.89. The van der Waals surface area contributed by atoms with Crippen molar-refractivity contribution in [3.63, 3.8) is 0 Å². The summed E-state index contributed by atoms with van der Waals surface area (Å²) >= 11 is 0. The molecule has 2 amide bonds. The van der Waals surface area contributed by atoms with Crippen LogP contribution in [0.25, 0.3) is 0 Å². The molecule has 0 bridgehead atoms. The lowest BCUT2D eigenvalue weighted by Crippen LogP contribution is -2.47. The van der Waals surface area contributed by atoms with Crippen LogP contribution in [0.5, 0.6) is 5.75 Å². The second-order valence-electron chi connectivity index (χ2n) is 8.39. The molecule has 0 aromatic heterocycles. The van der Waals surface area contributed by atoms with Crippen LogP contribution in [-0.2, 0) is 19.6 Å². The fourth-order valence-corrected chi connectivity index (χ4v) is 5.14. The van der Waals surface area contributed by atoms with Crippen molar-refractivity contribution in [2.24, 2.45) is 5.92 Å². The number of nitrogens with zero attached hydrogens (tertiary/aromatic N) is 1. The maximum atomic E-state index is 12.9. The van der Waals surface area contributed by atoms with E-state index in [9.17, 15) is 18.0 Å². The average Bonchev–Trinajstić information content (AvgIpc) is 2.77. The standard InChI is InChI=1S/C23H27N3O5S/c1-16-7-9-17(10-8-16)24-22(27)14-26-20-13-19(11-12-21(20)31-15-23(26)28)32(29,30)25-18-5-3-2-4-6-18/h2-6,11-13,16-17,25H,7-10,14-15H2,1H3,(H,24,27). The third-order valence-electron chi connectivity index (χ3n) is 5.89. The van der Waals surface area contributed by atoms with Gasteiger partial charge in [-0.25, -0.2) is 8.42 Å². The zero-order valence-corrected chi connectivity index (χ0v) is 18.7. The molecule has 9 heteroatoms. The van der Waals surface area contributed by atoms with Gasteiger partial charge in [0.25, 0.3) is 15.9 Å². The summed E-state index contributed by atoms with van der Waals surface area (Å²) < 4.78 is 33.7. The average molecular weight is 458 g/mol. The van der Waals surface area contributed by atoms with Crippen molar-refractivity contribution in [2.75, 3.05) is 22.8 Å². The summed E-state index contributed by atoms with van der Waals surface area (Å²) in [6, 6.07) is 12.9. The lowest BCUT2D eigenvalue weighted by molar-refractivity contribution is -0.125. The molecule has 0 radical (unpaired) electrons. The summed E-state index contributed by atoms with van der Waals surface area (Å²) in [6.45, 7) is 1.83. The van der Waals surface area contributed by atoms with E-state index in [0.717, 1.165) is 25.7 Å². The third-order valence-corrected chi connectivity index (χ3v) is 7.27. The van der Waals surface area contributed by atoms with E-state index >= 15 is 0 Å². The molecule has 170 valence electrons. The molecule has 2 aliphatic rings. The molecular weight excluding hydrogens is 430 g/mol. The van der Waals surface area contributed by atoms with E-state index in [1.54, 1.807) is 30.3 Å². The van der Waals surface area contributed by atoms with E-state index in [2.05, 4.69) is 17.0 Å². The van der Waals surface area contributed by atoms with Crippen molar-refractivity contribution in [1.29, 1.82) is 0 Å². The number of ether oxygens (including phenoxy) is 1. The topological polar surface area (TPSA) is 105 Å². The van der Waals surface area contributed by atoms with E-state index in [1.165, 1.54) is 23.1 Å². The van der Waals surface area contributed by atoms with Gasteiger partial charge in [-0.05, 0) is 61.9 Å². The highest BCUT2D eigenvalue weighted by Crippen LogP contribution is 2.34. The molecule has 0 unspecified atom stereocenters. The van der Waals surface area contributed by atoms with Gasteiger partial charge < -0.3 is 10.1 Å². The zero-order chi connectivity index (χ0) is 22.7. The maximum absolute atomic E-state index is 12.9. The van der Waals surface area contributed by atoms with Crippen molar-refractivity contribution >= 4 is 33.2 Å². The first-order valence-electron chi connectivity index (χ1n) is 10.8. The van der Waals surface area contributed by atoms with Crippen LogP contribution in [0.2, 0.25) is 0 Å². The lowest BCUT2D eigenvalue weighted by atomic mass is 9.87. The number of hydrogen-bond donors (Lipinski definition) is 2. The van der Waals surface area contributed by atoms with E-state index in [4.69, 9.17) is 4.74 Å². The summed E-state index contributed by atoms with van der Waals surface area (Å²) in [6.07, 6.45) is 3.99. The van der Waals surface area contributed by atoms with Crippen molar-refractivity contribution < 1.29 is 22.7 Å². The van der Waals surface area contributed by atoms with Gasteiger partial charge in [-0.15, -0.1) is 0 Å². The summed E-state index contributed by atoms with van der Waals surface area (Å²) in [5.41, 5.74) is 0.695. The van der Waals surface area contributed by atoms with Gasteiger partial charge in [0.1, 0.15) is 12.3 Å². The Bertz CT molecular complexity index is 1100. The molecule has 4 rings (SSSR count). The number of fused-ring (bicyclic) bond motifs is 1. The smallest absolute Gasteiger partial charge is 0.265 e. The van der Waals surface area contributed by atoms with Crippen LogP contribution >= 0.6 is 0 Å². The number of rotatable bonds is 6. The molecule has 32 heavy (non-hydrogen) atoms. The van der Waals surface area contributed by atoms with Crippen molar-refractivity contribution in [3.05, 3.63) is 48.5 Å². The van der Waals surface area contributed by atoms with E-state index in [1.807, 2.05) is 0 Å². The van der Waals surface area contributed by atoms with Gasteiger partial charge in [0.05, 0.1) is 10.6 Å². The first-order chi connectivity index (χ1) is 15.3. The fraction of sp³-hybridized carbons (Fsp3) is 0.391. The van der Waals surface area contributed by atoms with Crippen LogP contribution < -0.4 is 19.7 Å². The minimum absolute atomic E-state index is 0.0231. The van der Waals surface area contributed by atoms with Gasteiger partial charge in [-0.3, -0.25) is 19.2 Å². The Balaban J connectivity index is 1.52. The van der Waals surface area contributed by atoms with Gasteiger partial charge in [-0.1, -0.05) is 25.1 Å². The molecule has 0 spiro atoms. The van der Waals surface area contributed by atoms with Crippen LogP contribution in [0.4, 0.5) is 11.4 Å². The monoisotopic (exact) mass is 457 g/mol. The number of amides is 2. The Morgan fingerprint density at radius 1 is 1.09 bits per heavy atom. The first kappa shape index (κ1) is 22.1. The maximum Gasteiger partial charge on any atom is 0.265 e. The predicted octanol–water partition coefficient (Wildman–Crippen LogP) is 2.91. The fourth-order valence-electron chi connectivity index (χ4n) is 4.06. The Morgan fingerprint density at radius 2 is 1.81 bits per heavy atom. The Kier molecular flexibility index (Phi) is 6.36. The van der Waals surface area contributed by atoms with E-state index < -0.39 is 15.9 Å². The molecule has 8 nitrogen and oxygen atoms in total. The molecule has 1 aliphatic carbocycles. The molecule has 1 fully saturated rings. The Morgan fingerprint density at radius 3 is 2.53 bits per heavy atom. The highest BCUT2D eigenvalue weighted by molar-refractivity contribution is 7.92. The summed E-state index contributed by atoms with van der Waals surface area (Å²) in [4.78, 5) is 26.5. The van der Waals surface area contributed by atoms with Gasteiger partial charge >= 0.3 is 0 Å². The van der Waals surface area contributed by atoms with Crippen molar-refractivity contribution in [1.82, 2.24) is 5.32 Å². The molecule has 2 aromatic rings. The predicted molar refractivity (Wildman–Crippen MR) is 121 cm³/mol. The minimum Gasteiger partial charge on any atom is -0.482 e. The van der Waals surface area contributed by atoms with Crippen LogP contribution in [0.1, 0.15) is 32.6 Å². The largest absolute Gasteiger partial charge is 0.482 e. The van der Waals surface area contributed by atoms with Gasteiger partial charge in [0.15, 0.2) is 6.61 Å². The number of hydrogen-bond acceptors (Lipinski definition) is 5. The van der Waals surface area contributed by atoms with Crippen molar-refractivity contribution in [2.45, 2.75) is 43.5 Å². The lowest BCUT2D eigenvalue weighted by Gasteiger charge is -2.31. The molecule has 0 saturated heterocycles. The Hall–Kier alpha value is -3.07. The Labute approximate surface area is 188 Å². The number of sulfonamides is 1. The number of para-hydroxylation sites is 1. The first-order valence-corrected chi connectivity index (χ1v) is 12.2. The molecule has 1 heterocycles. The zero-order valence-electron chi connectivity index (χ0n) is 17.9. The number of anilines is 2. The number of nitrogens with one attached hydrogen (secondary N) is 2. The van der Waals surface area contributed by atoms with E-state index in [0.29, 0.717) is 17.4 Å². The highest BCUT2D eigenvalue weighted by Gasteiger charge is 2.30. The van der Waals surface area contributed by atoms with Gasteiger partial charge in [-0.2, -0.15) is 0 Å². The molecule has 2 aromatic carbocycles. The van der Waals surface area contributed by atoms with Crippen LogP contribution in [0.3, 0.4) is 0 Å². The summed E-state index contributed by atoms with van der Waals surface area (Å²) in [5.74, 6) is 0.375. The van der Waals surface area contributed by atoms with Crippen LogP contribution in [0.15, 0.2) is 53.4 Å². The summed E-state index contributed by atoms with van der Waals surface area (Å²) in [5, 5.41) is 3.01. The molecule has 0 atom stereocenters. The molecule has 2 N–H and O–H groups in total. The second-order valence-corrected chi connectivity index (χ2v) is 10.1. The van der Waals surface area contributed by atoms with Crippen molar-refractivity contribution in [3.8, 4) is 5.75 Å². The SMILES string of the molecule is CC1CCC(NC(=O)CN2C(=O)COc3ccc(S(=O)(=O)Nc4ccccc4)cc32)CC1. The van der Waals surface area contributed by atoms with Gasteiger partial charge in [0.2, 0.25) is 5.91 Å². The third kappa shape index (κ3) is 5.04. The number of benzene rings is 2. The quantitative estimate of drug-likeness (QED) is 0.694. The van der Waals surface area contributed by atoms with Crippen LogP contribution in [0, 0.1) is 5.92 Å². The van der Waals surface area contributed by atoms with E-state index in [-0.39, 0.29) is 35.7 Å². The molecular formula is C23H27N3O5S. The van der Waals surface area contributed by atoms with Gasteiger partial charge in [0, 0.05) is 11.7 Å². The molecule has 1 saturated carbocycles. The normalized spacial score (nSPS) is 20.8. The summed E-state index contributed by atoms with van der Waals surface area (Å²) in [7, 11) is -3.89. The number of carbonyl (C=O) groups excluding carboxylic acids is 2. The number of carbonyl (C=O) groups is 2. The molecule has 1 aliphatic heterocycles. The van der Waals surface area contributed by atoms with Crippen LogP contribution in [-0.4, -0.2) is 39.4 Å².